The fraction of sp³-hybridized carbons (Fsp3) is 0. The van der Waals surface area contributed by atoms with Gasteiger partial charge in [-0.3, -0.25) is 0 Å². The highest BCUT2D eigenvalue weighted by Crippen LogP contribution is 2.45. The van der Waals surface area contributed by atoms with E-state index in [1.54, 1.807) is 42.5 Å². The van der Waals surface area contributed by atoms with Crippen molar-refractivity contribution in [3.63, 3.8) is 0 Å². The molecule has 0 unspecified atom stereocenters. The molecule has 0 saturated carbocycles. The first kappa shape index (κ1) is 9.76. The molecule has 0 heteroatoms. The summed E-state index contributed by atoms with van der Waals surface area (Å²) in [5.41, 5.74) is -1.90. The summed E-state index contributed by atoms with van der Waals surface area (Å²) in [5.74, 6) is 0. The van der Waals surface area contributed by atoms with Crippen LogP contribution in [0.4, 0.5) is 0 Å². The smallest absolute Gasteiger partial charge is 0.0622 e. The molecule has 0 fully saturated rings. The van der Waals surface area contributed by atoms with Crippen molar-refractivity contribution >= 4 is 32.3 Å². The lowest BCUT2D eigenvalue weighted by Gasteiger charge is -2.19. The van der Waals surface area contributed by atoms with Gasteiger partial charge in [-0.15, -0.1) is 0 Å². The molecule has 36 heavy (non-hydrogen) atoms. The molecule has 0 N–H and O–H groups in total. The molecule has 0 amide bonds. The second-order valence-electron chi connectivity index (χ2n) is 8.03. The van der Waals surface area contributed by atoms with Gasteiger partial charge in [0.2, 0.25) is 0 Å². The van der Waals surface area contributed by atoms with Crippen LogP contribution in [0.2, 0.25) is 0 Å². The van der Waals surface area contributed by atoms with E-state index in [-0.39, 0.29) is 27.1 Å². The van der Waals surface area contributed by atoms with E-state index in [9.17, 15) is 6.85 Å². The van der Waals surface area contributed by atoms with Crippen molar-refractivity contribution in [2.24, 2.45) is 0 Å². The molecule has 0 atom stereocenters. The third-order valence-electron chi connectivity index (χ3n) is 6.06. The summed E-state index contributed by atoms with van der Waals surface area (Å²) in [4.78, 5) is 0. The molecule has 0 aliphatic rings. The Morgan fingerprint density at radius 1 is 0.389 bits per heavy atom. The zero-order valence-electron chi connectivity index (χ0n) is 35.5. The number of rotatable bonds is 3. The Bertz CT molecular complexity index is 2690. The molecule has 0 bridgehead atoms. The minimum absolute atomic E-state index is 0.0293. The second kappa shape index (κ2) is 8.52. The molecule has 0 nitrogen and oxygen atoms in total. The summed E-state index contributed by atoms with van der Waals surface area (Å²) in [6.45, 7) is 0. The SMILES string of the molecule is [2H]c1c([2H])c([2H])c(-c2c([2H])c([2H])c([2H])c(-c3c4c([2H])c([2H])c([2H])c([2H])c4c(-c4cccc5ccccc45)c4c([2H])c([2H])c([2H])c([2H])c34)c2[2H])c([2H])c1[2H]. The average molecular weight is 474 g/mol. The molecule has 168 valence electrons. The van der Waals surface area contributed by atoms with Gasteiger partial charge in [0.15, 0.2) is 0 Å². The zero-order valence-corrected chi connectivity index (χ0v) is 18.5. The second-order valence-corrected chi connectivity index (χ2v) is 8.03. The maximum absolute atomic E-state index is 9.46. The van der Waals surface area contributed by atoms with Gasteiger partial charge in [-0.2, -0.15) is 0 Å². The van der Waals surface area contributed by atoms with Gasteiger partial charge in [-0.25, -0.2) is 0 Å². The molecular weight excluding hydrogens is 432 g/mol. The quantitative estimate of drug-likeness (QED) is 0.224. The summed E-state index contributed by atoms with van der Waals surface area (Å²) in [6, 6.07) is -0.397. The predicted molar refractivity (Wildman–Crippen MR) is 155 cm³/mol. The van der Waals surface area contributed by atoms with Crippen LogP contribution in [0.5, 0.6) is 0 Å². The Morgan fingerprint density at radius 3 is 1.67 bits per heavy atom. The van der Waals surface area contributed by atoms with Gasteiger partial charge in [-0.1, -0.05) is 139 Å². The van der Waals surface area contributed by atoms with Crippen LogP contribution in [0, 0.1) is 0 Å². The predicted octanol–water partition coefficient (Wildman–Crippen LogP) is 10.1. The van der Waals surface area contributed by atoms with Crippen LogP contribution >= 0.6 is 0 Å². The number of benzene rings is 7. The van der Waals surface area contributed by atoms with Crippen molar-refractivity contribution in [3.8, 4) is 33.4 Å². The summed E-state index contributed by atoms with van der Waals surface area (Å²) in [7, 11) is 0. The van der Waals surface area contributed by atoms with E-state index in [1.165, 1.54) is 0 Å². The lowest BCUT2D eigenvalue weighted by Crippen LogP contribution is -1.91. The highest BCUT2D eigenvalue weighted by molar-refractivity contribution is 6.23. The lowest BCUT2D eigenvalue weighted by molar-refractivity contribution is 1.61. The first-order valence-corrected chi connectivity index (χ1v) is 11.1. The van der Waals surface area contributed by atoms with E-state index in [0.717, 1.165) is 0 Å². The maximum Gasteiger partial charge on any atom is 0.0636 e. The van der Waals surface area contributed by atoms with Gasteiger partial charge < -0.3 is 0 Å². The Morgan fingerprint density at radius 2 is 0.944 bits per heavy atom. The Labute approximate surface area is 235 Å². The number of fused-ring (bicyclic) bond motifs is 3. The molecule has 0 saturated heterocycles. The van der Waals surface area contributed by atoms with Crippen LogP contribution in [0.1, 0.15) is 23.3 Å². The molecule has 0 radical (unpaired) electrons. The fourth-order valence-corrected chi connectivity index (χ4v) is 4.56. The molecule has 0 aromatic heterocycles. The van der Waals surface area contributed by atoms with Gasteiger partial charge in [0.05, 0.1) is 23.3 Å². The first-order chi connectivity index (χ1) is 24.9. The van der Waals surface area contributed by atoms with Gasteiger partial charge >= 0.3 is 0 Å². The van der Waals surface area contributed by atoms with Crippen LogP contribution in [-0.4, -0.2) is 0 Å². The molecule has 7 aromatic rings. The first-order valence-electron chi connectivity index (χ1n) is 19.6. The third kappa shape index (κ3) is 3.31. The van der Waals surface area contributed by atoms with Gasteiger partial charge in [0.25, 0.3) is 0 Å². The van der Waals surface area contributed by atoms with E-state index in [1.807, 2.05) is 0 Å². The monoisotopic (exact) mass is 473 g/mol. The van der Waals surface area contributed by atoms with Gasteiger partial charge in [0.1, 0.15) is 0 Å². The van der Waals surface area contributed by atoms with Gasteiger partial charge in [-0.05, 0) is 71.7 Å². The summed E-state index contributed by atoms with van der Waals surface area (Å²) in [5, 5.41) is 0.203. The van der Waals surface area contributed by atoms with Crippen LogP contribution in [-0.2, 0) is 0 Å². The summed E-state index contributed by atoms with van der Waals surface area (Å²) < 4.78 is 149. The summed E-state index contributed by atoms with van der Waals surface area (Å²) >= 11 is 0. The topological polar surface area (TPSA) is 0 Å². The molecule has 0 heterocycles. The Balaban J connectivity index is 1.86. The van der Waals surface area contributed by atoms with Crippen molar-refractivity contribution in [1.29, 1.82) is 0 Å². The van der Waals surface area contributed by atoms with E-state index in [0.29, 0.717) is 16.3 Å². The average Bonchev–Trinajstić information content (AvgIpc) is 3.15. The molecule has 7 rings (SSSR count). The minimum atomic E-state index is -0.862. The minimum Gasteiger partial charge on any atom is -0.0622 e. The number of hydrogen-bond donors (Lipinski definition) is 0. The Hall–Kier alpha value is -4.68. The zero-order chi connectivity index (χ0) is 38.7. The van der Waals surface area contributed by atoms with E-state index >= 15 is 0 Å². The third-order valence-corrected chi connectivity index (χ3v) is 6.06. The standard InChI is InChI=1S/C36H24/c1-2-12-25(13-3-1)27-16-10-17-28(24-27)35-31-19-6-8-21-33(31)36(34-22-9-7-20-32(34)35)30-23-11-15-26-14-4-5-18-29(26)30/h1-24H/i1D,2D,3D,6D,7D,8D,9D,10D,12D,13D,16D,17D,19D,20D,21D,22D,24D. The lowest BCUT2D eigenvalue weighted by atomic mass is 9.84. The largest absolute Gasteiger partial charge is 0.0636 e. The highest BCUT2D eigenvalue weighted by Gasteiger charge is 2.17. The fourth-order valence-electron chi connectivity index (χ4n) is 4.56. The number of hydrogen-bond acceptors (Lipinski definition) is 0. The van der Waals surface area contributed by atoms with Crippen LogP contribution in [0.15, 0.2) is 145 Å². The molecule has 0 aliphatic heterocycles. The van der Waals surface area contributed by atoms with Crippen LogP contribution in [0.25, 0.3) is 65.7 Å². The van der Waals surface area contributed by atoms with Crippen molar-refractivity contribution in [1.82, 2.24) is 0 Å². The van der Waals surface area contributed by atoms with Crippen molar-refractivity contribution in [3.05, 3.63) is 145 Å². The highest BCUT2D eigenvalue weighted by atomic mass is 14.2. The van der Waals surface area contributed by atoms with Crippen molar-refractivity contribution < 1.29 is 23.3 Å². The normalized spacial score (nSPS) is 17.9. The van der Waals surface area contributed by atoms with Crippen LogP contribution < -0.4 is 0 Å². The molecule has 0 aliphatic carbocycles. The molecule has 7 aromatic carbocycles. The van der Waals surface area contributed by atoms with E-state index in [2.05, 4.69) is 0 Å². The maximum atomic E-state index is 9.46. The van der Waals surface area contributed by atoms with Crippen molar-refractivity contribution in [2.45, 2.75) is 0 Å². The van der Waals surface area contributed by atoms with Gasteiger partial charge in [0, 0.05) is 0 Å². The Kier molecular flexibility index (Phi) is 2.31. The van der Waals surface area contributed by atoms with E-state index in [4.69, 9.17) is 16.4 Å². The molecule has 0 spiro atoms. The van der Waals surface area contributed by atoms with Crippen molar-refractivity contribution in [2.75, 3.05) is 0 Å². The summed E-state index contributed by atoms with van der Waals surface area (Å²) in [6.07, 6.45) is 0. The van der Waals surface area contributed by atoms with Crippen LogP contribution in [0.3, 0.4) is 0 Å². The molecular formula is C36H24. The van der Waals surface area contributed by atoms with E-state index < -0.39 is 125 Å².